The van der Waals surface area contributed by atoms with E-state index in [1.807, 2.05) is 43.5 Å². The topological polar surface area (TPSA) is 74.0 Å². The molecule has 0 aliphatic rings. The maximum absolute atomic E-state index is 12.9. The number of hydrogen-bond acceptors (Lipinski definition) is 4. The fraction of sp³-hybridized carbons (Fsp3) is 0.294. The Balaban J connectivity index is 2.45. The fourth-order valence-corrected chi connectivity index (χ4v) is 3.71. The maximum atomic E-state index is 12.9. The van der Waals surface area contributed by atoms with Gasteiger partial charge in [-0.25, -0.2) is 13.4 Å². The van der Waals surface area contributed by atoms with Gasteiger partial charge in [0.15, 0.2) is 0 Å². The molecule has 1 aromatic carbocycles. The monoisotopic (exact) mass is 345 g/mol. The van der Waals surface area contributed by atoms with Crippen LogP contribution in [0.4, 0.5) is 0 Å². The van der Waals surface area contributed by atoms with Crippen molar-refractivity contribution in [2.45, 2.75) is 25.0 Å². The first-order valence-corrected chi connectivity index (χ1v) is 9.59. The van der Waals surface area contributed by atoms with Gasteiger partial charge in [-0.2, -0.15) is 0 Å². The van der Waals surface area contributed by atoms with Gasteiger partial charge in [-0.1, -0.05) is 37.3 Å². The van der Waals surface area contributed by atoms with Gasteiger partial charge >= 0.3 is 0 Å². The average molecular weight is 345 g/mol. The van der Waals surface area contributed by atoms with Gasteiger partial charge in [-0.05, 0) is 12.0 Å². The molecule has 0 N–H and O–H groups in total. The summed E-state index contributed by atoms with van der Waals surface area (Å²) in [4.78, 5) is 17.3. The Kier molecular flexibility index (Phi) is 4.04. The second kappa shape index (κ2) is 5.90. The summed E-state index contributed by atoms with van der Waals surface area (Å²) >= 11 is 0. The molecule has 0 aliphatic carbocycles. The smallest absolute Gasteiger partial charge is 0.278 e. The van der Waals surface area contributed by atoms with Crippen LogP contribution < -0.4 is 5.56 Å². The predicted molar refractivity (Wildman–Crippen MR) is 93.8 cm³/mol. The lowest BCUT2D eigenvalue weighted by atomic mass is 10.1. The van der Waals surface area contributed by atoms with Crippen molar-refractivity contribution >= 4 is 20.9 Å². The summed E-state index contributed by atoms with van der Waals surface area (Å²) in [5, 5.41) is -0.176. The molecule has 0 saturated heterocycles. The van der Waals surface area contributed by atoms with Crippen molar-refractivity contribution in [2.75, 3.05) is 6.26 Å². The number of nitrogens with zero attached hydrogens (tertiary/aromatic N) is 3. The molecule has 7 heteroatoms. The van der Waals surface area contributed by atoms with Crippen molar-refractivity contribution in [1.29, 1.82) is 0 Å². The van der Waals surface area contributed by atoms with Crippen LogP contribution in [0, 0.1) is 0 Å². The molecular weight excluding hydrogens is 326 g/mol. The Morgan fingerprint density at radius 2 is 1.83 bits per heavy atom. The first-order valence-electron chi connectivity index (χ1n) is 7.70. The van der Waals surface area contributed by atoms with Gasteiger partial charge in [0.05, 0.1) is 0 Å². The first-order chi connectivity index (χ1) is 11.3. The zero-order valence-corrected chi connectivity index (χ0v) is 14.7. The molecule has 0 unspecified atom stereocenters. The molecule has 0 fully saturated rings. The standard InChI is InChI=1S/C17H19N3O3S/c1-4-10-20-16(21)15-14(18-17(20)24(3,22)23)13(11-19(15)2)12-8-6-5-7-9-12/h5-9,11H,4,10H2,1-3H3. The Bertz CT molecular complexity index is 1060. The number of benzene rings is 1. The van der Waals surface area contributed by atoms with Crippen molar-refractivity contribution in [1.82, 2.24) is 14.1 Å². The second-order valence-corrected chi connectivity index (χ2v) is 7.75. The van der Waals surface area contributed by atoms with Gasteiger partial charge in [-0.15, -0.1) is 0 Å². The zero-order valence-electron chi connectivity index (χ0n) is 13.9. The third kappa shape index (κ3) is 2.65. The van der Waals surface area contributed by atoms with E-state index in [1.54, 1.807) is 11.6 Å². The van der Waals surface area contributed by atoms with E-state index in [2.05, 4.69) is 4.98 Å². The fourth-order valence-electron chi connectivity index (χ4n) is 2.88. The number of sulfone groups is 1. The molecule has 0 spiro atoms. The average Bonchev–Trinajstić information content (AvgIpc) is 2.87. The summed E-state index contributed by atoms with van der Waals surface area (Å²) in [6.45, 7) is 2.21. The second-order valence-electron chi connectivity index (χ2n) is 5.84. The minimum atomic E-state index is -3.62. The molecular formula is C17H19N3O3S. The summed E-state index contributed by atoms with van der Waals surface area (Å²) in [6, 6.07) is 9.51. The molecule has 6 nitrogen and oxygen atoms in total. The van der Waals surface area contributed by atoms with Crippen molar-refractivity contribution < 1.29 is 8.42 Å². The van der Waals surface area contributed by atoms with Crippen molar-refractivity contribution in [3.63, 3.8) is 0 Å². The van der Waals surface area contributed by atoms with Gasteiger partial charge in [-0.3, -0.25) is 9.36 Å². The zero-order chi connectivity index (χ0) is 17.5. The lowest BCUT2D eigenvalue weighted by Gasteiger charge is -2.10. The van der Waals surface area contributed by atoms with Crippen LogP contribution in [0.25, 0.3) is 22.2 Å². The Labute approximate surface area is 140 Å². The van der Waals surface area contributed by atoms with E-state index >= 15 is 0 Å². The van der Waals surface area contributed by atoms with Gasteiger partial charge < -0.3 is 4.57 Å². The third-order valence-electron chi connectivity index (χ3n) is 3.90. The highest BCUT2D eigenvalue weighted by Gasteiger charge is 2.22. The minimum absolute atomic E-state index is 0.176. The van der Waals surface area contributed by atoms with E-state index in [0.717, 1.165) is 17.4 Å². The molecule has 0 aliphatic heterocycles. The molecule has 0 bridgehead atoms. The van der Waals surface area contributed by atoms with E-state index in [9.17, 15) is 13.2 Å². The molecule has 3 rings (SSSR count). The predicted octanol–water partition coefficient (Wildman–Crippen LogP) is 2.22. The van der Waals surface area contributed by atoms with E-state index in [-0.39, 0.29) is 10.7 Å². The van der Waals surface area contributed by atoms with Crippen LogP contribution in [-0.2, 0) is 23.4 Å². The summed E-state index contributed by atoms with van der Waals surface area (Å²) in [7, 11) is -1.84. The lowest BCUT2D eigenvalue weighted by molar-refractivity contribution is 0.541. The molecule has 24 heavy (non-hydrogen) atoms. The molecule has 2 aromatic heterocycles. The summed E-state index contributed by atoms with van der Waals surface area (Å²) in [5.41, 5.74) is 2.14. The summed E-state index contributed by atoms with van der Waals surface area (Å²) in [5.74, 6) is 0. The highest BCUT2D eigenvalue weighted by Crippen LogP contribution is 2.28. The molecule has 0 radical (unpaired) electrons. The number of rotatable bonds is 4. The van der Waals surface area contributed by atoms with Crippen LogP contribution in [0.5, 0.6) is 0 Å². The van der Waals surface area contributed by atoms with Gasteiger partial charge in [0, 0.05) is 31.6 Å². The van der Waals surface area contributed by atoms with E-state index < -0.39 is 9.84 Å². The third-order valence-corrected chi connectivity index (χ3v) is 4.88. The van der Waals surface area contributed by atoms with Crippen molar-refractivity contribution in [3.8, 4) is 11.1 Å². The van der Waals surface area contributed by atoms with Crippen LogP contribution >= 0.6 is 0 Å². The van der Waals surface area contributed by atoms with Crippen molar-refractivity contribution in [3.05, 3.63) is 46.9 Å². The Morgan fingerprint density at radius 1 is 1.17 bits per heavy atom. The van der Waals surface area contributed by atoms with Gasteiger partial charge in [0.1, 0.15) is 11.0 Å². The minimum Gasteiger partial charge on any atom is -0.344 e. The van der Waals surface area contributed by atoms with Gasteiger partial charge in [0.25, 0.3) is 5.56 Å². The highest BCUT2D eigenvalue weighted by molar-refractivity contribution is 7.90. The largest absolute Gasteiger partial charge is 0.344 e. The van der Waals surface area contributed by atoms with Crippen LogP contribution in [0.1, 0.15) is 13.3 Å². The normalized spacial score (nSPS) is 12.0. The van der Waals surface area contributed by atoms with Crippen LogP contribution in [0.15, 0.2) is 46.5 Å². The number of aromatic nitrogens is 3. The van der Waals surface area contributed by atoms with Crippen LogP contribution in [0.2, 0.25) is 0 Å². The number of aryl methyl sites for hydroxylation is 1. The SMILES string of the molecule is CCCn1c(S(C)(=O)=O)nc2c(-c3ccccc3)cn(C)c2c1=O. The molecule has 0 amide bonds. The quantitative estimate of drug-likeness (QED) is 0.680. The van der Waals surface area contributed by atoms with E-state index in [0.29, 0.717) is 24.0 Å². The summed E-state index contributed by atoms with van der Waals surface area (Å²) < 4.78 is 27.3. The number of fused-ring (bicyclic) bond motifs is 1. The first kappa shape index (κ1) is 16.4. The molecule has 2 heterocycles. The van der Waals surface area contributed by atoms with Crippen molar-refractivity contribution in [2.24, 2.45) is 7.05 Å². The van der Waals surface area contributed by atoms with Crippen LogP contribution in [-0.4, -0.2) is 28.8 Å². The van der Waals surface area contributed by atoms with Gasteiger partial charge in [0.2, 0.25) is 15.0 Å². The molecule has 0 saturated carbocycles. The van der Waals surface area contributed by atoms with E-state index in [1.165, 1.54) is 4.57 Å². The molecule has 126 valence electrons. The number of hydrogen-bond donors (Lipinski definition) is 0. The highest BCUT2D eigenvalue weighted by atomic mass is 32.2. The lowest BCUT2D eigenvalue weighted by Crippen LogP contribution is -2.28. The Morgan fingerprint density at radius 3 is 2.42 bits per heavy atom. The summed E-state index contributed by atoms with van der Waals surface area (Å²) in [6.07, 6.45) is 3.54. The maximum Gasteiger partial charge on any atom is 0.278 e. The molecule has 0 atom stereocenters. The Hall–Kier alpha value is -2.41. The van der Waals surface area contributed by atoms with Crippen LogP contribution in [0.3, 0.4) is 0 Å². The van der Waals surface area contributed by atoms with E-state index in [4.69, 9.17) is 0 Å². The molecule has 3 aromatic rings.